The van der Waals surface area contributed by atoms with Crippen LogP contribution in [-0.2, 0) is 23.4 Å². The van der Waals surface area contributed by atoms with E-state index in [0.717, 1.165) is 6.42 Å². The van der Waals surface area contributed by atoms with E-state index in [2.05, 4.69) is 10.1 Å². The number of ether oxygens (including phenoxy) is 2. The minimum Gasteiger partial charge on any atom is -0.464 e. The standard InChI is InChI=1S/C26H35N4O8P/c1-18(25(32)35-16-21-10-6-4-7-11-21)29-39(34,38-22-12-8-5-9-13-22)36-17-23(19(2)31)37-20(3)30-15-14-24(27)28-26(30)33/h4-10,12-15,18-21,23,31H,11,16-17H2,1-3H3,(H,29,34)(H2,27,28,33)/t18-,19-,20+,21?,23+,39?/m0/s1. The maximum Gasteiger partial charge on any atom is 0.459 e. The average Bonchev–Trinajstić information content (AvgIpc) is 2.90. The van der Waals surface area contributed by atoms with E-state index >= 15 is 0 Å². The van der Waals surface area contributed by atoms with Crippen LogP contribution in [0.5, 0.6) is 5.75 Å². The predicted molar refractivity (Wildman–Crippen MR) is 145 cm³/mol. The monoisotopic (exact) mass is 562 g/mol. The summed E-state index contributed by atoms with van der Waals surface area (Å²) in [5, 5.41) is 12.9. The molecule has 0 spiro atoms. The number of anilines is 1. The van der Waals surface area contributed by atoms with Crippen molar-refractivity contribution in [1.29, 1.82) is 0 Å². The molecule has 12 nitrogen and oxygen atoms in total. The number of rotatable bonds is 14. The van der Waals surface area contributed by atoms with Crippen LogP contribution < -0.4 is 21.0 Å². The van der Waals surface area contributed by atoms with Gasteiger partial charge in [-0.2, -0.15) is 10.1 Å². The first-order chi connectivity index (χ1) is 18.6. The van der Waals surface area contributed by atoms with Crippen LogP contribution in [0.25, 0.3) is 0 Å². The van der Waals surface area contributed by atoms with Gasteiger partial charge in [-0.15, -0.1) is 0 Å². The minimum atomic E-state index is -4.20. The molecule has 2 unspecified atom stereocenters. The Kier molecular flexibility index (Phi) is 11.0. The van der Waals surface area contributed by atoms with Gasteiger partial charge >= 0.3 is 19.4 Å². The highest BCUT2D eigenvalue weighted by Gasteiger charge is 2.34. The van der Waals surface area contributed by atoms with Gasteiger partial charge in [-0.3, -0.25) is 13.9 Å². The molecule has 0 radical (unpaired) electrons. The van der Waals surface area contributed by atoms with Crippen LogP contribution in [0.2, 0.25) is 0 Å². The fourth-order valence-electron chi connectivity index (χ4n) is 3.55. The summed E-state index contributed by atoms with van der Waals surface area (Å²) in [5.74, 6) is -0.283. The molecule has 1 aliphatic carbocycles. The Bertz CT molecular complexity index is 1250. The second kappa shape index (κ2) is 14.2. The second-order valence-electron chi connectivity index (χ2n) is 9.04. The molecule has 0 fully saturated rings. The van der Waals surface area contributed by atoms with Crippen molar-refractivity contribution < 1.29 is 33.0 Å². The fraction of sp³-hybridized carbons (Fsp3) is 0.423. The van der Waals surface area contributed by atoms with Crippen molar-refractivity contribution in [1.82, 2.24) is 14.6 Å². The first-order valence-electron chi connectivity index (χ1n) is 12.5. The third-order valence-electron chi connectivity index (χ3n) is 5.74. The number of benzene rings is 1. The van der Waals surface area contributed by atoms with Crippen molar-refractivity contribution in [3.63, 3.8) is 0 Å². The lowest BCUT2D eigenvalue weighted by Gasteiger charge is -2.28. The maximum absolute atomic E-state index is 13.8. The Morgan fingerprint density at radius 2 is 1.97 bits per heavy atom. The van der Waals surface area contributed by atoms with Gasteiger partial charge in [-0.1, -0.05) is 42.5 Å². The minimum absolute atomic E-state index is 0.0589. The molecule has 0 aliphatic heterocycles. The number of nitrogen functional groups attached to an aromatic ring is 1. The number of hydrogen-bond acceptors (Lipinski definition) is 10. The van der Waals surface area contributed by atoms with Gasteiger partial charge in [0.25, 0.3) is 0 Å². The molecule has 4 N–H and O–H groups in total. The Balaban J connectivity index is 1.68. The molecular formula is C26H35N4O8P. The maximum atomic E-state index is 13.8. The van der Waals surface area contributed by atoms with Crippen molar-refractivity contribution in [2.24, 2.45) is 5.92 Å². The molecular weight excluding hydrogens is 527 g/mol. The molecule has 3 rings (SSSR count). The lowest BCUT2D eigenvalue weighted by atomic mass is 10.0. The molecule has 13 heteroatoms. The molecule has 0 bridgehead atoms. The zero-order chi connectivity index (χ0) is 28.4. The highest BCUT2D eigenvalue weighted by molar-refractivity contribution is 7.52. The largest absolute Gasteiger partial charge is 0.464 e. The first-order valence-corrected chi connectivity index (χ1v) is 14.1. The summed E-state index contributed by atoms with van der Waals surface area (Å²) in [5.41, 5.74) is 4.90. The van der Waals surface area contributed by atoms with Crippen molar-refractivity contribution in [3.8, 4) is 5.75 Å². The number of aliphatic hydroxyl groups is 1. The molecule has 1 heterocycles. The molecule has 1 aromatic carbocycles. The number of nitrogens with two attached hydrogens (primary N) is 1. The molecule has 1 aliphatic rings. The van der Waals surface area contributed by atoms with E-state index in [1.54, 1.807) is 37.3 Å². The molecule has 0 saturated heterocycles. The van der Waals surface area contributed by atoms with E-state index in [4.69, 9.17) is 24.3 Å². The summed E-state index contributed by atoms with van der Waals surface area (Å²) in [7, 11) is -4.20. The van der Waals surface area contributed by atoms with Gasteiger partial charge in [0.1, 0.15) is 29.9 Å². The van der Waals surface area contributed by atoms with Crippen molar-refractivity contribution in [2.75, 3.05) is 18.9 Å². The van der Waals surface area contributed by atoms with E-state index in [1.807, 2.05) is 24.3 Å². The van der Waals surface area contributed by atoms with Gasteiger partial charge in [0, 0.05) is 12.1 Å². The Morgan fingerprint density at radius 3 is 2.62 bits per heavy atom. The van der Waals surface area contributed by atoms with Crippen molar-refractivity contribution in [3.05, 3.63) is 77.4 Å². The van der Waals surface area contributed by atoms with E-state index in [-0.39, 0.29) is 24.1 Å². The number of aromatic nitrogens is 2. The number of allylic oxidation sites excluding steroid dienone is 3. The zero-order valence-corrected chi connectivity index (χ0v) is 23.0. The summed E-state index contributed by atoms with van der Waals surface area (Å²) < 4.78 is 37.5. The summed E-state index contributed by atoms with van der Waals surface area (Å²) >= 11 is 0. The van der Waals surface area contributed by atoms with Crippen LogP contribution in [0.3, 0.4) is 0 Å². The average molecular weight is 563 g/mol. The number of nitrogens with one attached hydrogen (secondary N) is 1. The normalized spacial score (nSPS) is 19.4. The van der Waals surface area contributed by atoms with Gasteiger partial charge in [0.05, 0.1) is 19.3 Å². The lowest BCUT2D eigenvalue weighted by Crippen LogP contribution is -2.39. The Hall–Kier alpha value is -3.28. The number of aliphatic hydroxyl groups excluding tert-OH is 1. The predicted octanol–water partition coefficient (Wildman–Crippen LogP) is 2.97. The molecule has 212 valence electrons. The zero-order valence-electron chi connectivity index (χ0n) is 22.1. The Labute approximate surface area is 227 Å². The first kappa shape index (κ1) is 30.3. The molecule has 6 atom stereocenters. The topological polar surface area (TPSA) is 164 Å². The molecule has 0 amide bonds. The molecule has 1 aromatic heterocycles. The van der Waals surface area contributed by atoms with Crippen molar-refractivity contribution in [2.45, 2.75) is 51.7 Å². The summed E-state index contributed by atoms with van der Waals surface area (Å²) in [6.45, 7) is 4.27. The van der Waals surface area contributed by atoms with Crippen LogP contribution >= 0.6 is 7.75 Å². The second-order valence-corrected chi connectivity index (χ2v) is 10.7. The van der Waals surface area contributed by atoms with Crippen molar-refractivity contribution >= 4 is 19.5 Å². The summed E-state index contributed by atoms with van der Waals surface area (Å²) in [4.78, 5) is 28.5. The van der Waals surface area contributed by atoms with Gasteiger partial charge in [0.15, 0.2) is 0 Å². The fourth-order valence-corrected chi connectivity index (χ4v) is 5.06. The number of esters is 1. The molecule has 39 heavy (non-hydrogen) atoms. The smallest absolute Gasteiger partial charge is 0.459 e. The number of carbonyl (C=O) groups excluding carboxylic acids is 1. The number of carbonyl (C=O) groups is 1. The van der Waals surface area contributed by atoms with E-state index in [1.165, 1.54) is 30.7 Å². The highest BCUT2D eigenvalue weighted by Crippen LogP contribution is 2.45. The quantitative estimate of drug-likeness (QED) is 0.229. The number of nitrogens with zero attached hydrogens (tertiary/aromatic N) is 2. The van der Waals surface area contributed by atoms with Crippen LogP contribution in [-0.4, -0.2) is 52.1 Å². The van der Waals surface area contributed by atoms with Crippen LogP contribution in [0.15, 0.2) is 71.7 Å². The molecule has 2 aromatic rings. The third-order valence-corrected chi connectivity index (χ3v) is 7.39. The van der Waals surface area contributed by atoms with E-state index in [0.29, 0.717) is 0 Å². The highest BCUT2D eigenvalue weighted by atomic mass is 31.2. The summed E-state index contributed by atoms with van der Waals surface area (Å²) in [6, 6.07) is 8.67. The van der Waals surface area contributed by atoms with Crippen LogP contribution in [0, 0.1) is 5.92 Å². The van der Waals surface area contributed by atoms with Gasteiger partial charge < -0.3 is 24.8 Å². The van der Waals surface area contributed by atoms with Crippen LogP contribution in [0.4, 0.5) is 5.82 Å². The van der Waals surface area contributed by atoms with Gasteiger partial charge in [-0.05, 0) is 45.4 Å². The lowest BCUT2D eigenvalue weighted by molar-refractivity contribution is -0.146. The van der Waals surface area contributed by atoms with Crippen LogP contribution in [0.1, 0.15) is 33.4 Å². The van der Waals surface area contributed by atoms with E-state index < -0.39 is 50.5 Å². The number of hydrogen-bond donors (Lipinski definition) is 3. The Morgan fingerprint density at radius 1 is 1.23 bits per heavy atom. The number of para-hydroxylation sites is 1. The third kappa shape index (κ3) is 9.45. The molecule has 0 saturated carbocycles. The summed E-state index contributed by atoms with van der Waals surface area (Å²) in [6.07, 6.45) is 6.92. The van der Waals surface area contributed by atoms with Gasteiger partial charge in [0.2, 0.25) is 0 Å². The SMILES string of the molecule is C[C@H](NP(=O)(OC[C@@H](O[C@H](C)n1ccc(N)nc1=O)[C@H](C)O)Oc1ccccc1)C(=O)OCC1C=CC=CC1. The van der Waals surface area contributed by atoms with E-state index in [9.17, 15) is 19.3 Å². The van der Waals surface area contributed by atoms with Gasteiger partial charge in [-0.25, -0.2) is 9.36 Å².